The van der Waals surface area contributed by atoms with Gasteiger partial charge in [-0.15, -0.1) is 0 Å². The first-order chi connectivity index (χ1) is 9.67. The van der Waals surface area contributed by atoms with E-state index >= 15 is 0 Å². The molecule has 0 aromatic heterocycles. The topological polar surface area (TPSA) is 38.8 Å². The predicted molar refractivity (Wildman–Crippen MR) is 78.5 cm³/mol. The van der Waals surface area contributed by atoms with Crippen LogP contribution in [-0.2, 0) is 0 Å². The lowest BCUT2D eigenvalue weighted by Gasteiger charge is -2.26. The second-order valence-corrected chi connectivity index (χ2v) is 5.22. The highest BCUT2D eigenvalue weighted by molar-refractivity contribution is 6.00. The highest BCUT2D eigenvalue weighted by atomic mass is 16.7. The fourth-order valence-corrected chi connectivity index (χ4v) is 2.58. The number of fused-ring (bicyclic) bond motifs is 1. The van der Waals surface area contributed by atoms with Gasteiger partial charge in [0.2, 0.25) is 6.79 Å². The quantitative estimate of drug-likeness (QED) is 0.718. The third-order valence-corrected chi connectivity index (χ3v) is 3.63. The van der Waals surface area contributed by atoms with Gasteiger partial charge in [0.1, 0.15) is 0 Å². The number of Topliss-reactive ketones (excluding diaryl/α,β-unsaturated/α-hetero) is 1. The van der Waals surface area contributed by atoms with Gasteiger partial charge in [0.25, 0.3) is 0 Å². The average molecular weight is 277 g/mol. The molecular weight excluding hydrogens is 254 g/mol. The van der Waals surface area contributed by atoms with Gasteiger partial charge in [-0.1, -0.05) is 20.3 Å². The molecule has 0 saturated carbocycles. The van der Waals surface area contributed by atoms with Crippen molar-refractivity contribution >= 4 is 5.78 Å². The van der Waals surface area contributed by atoms with Crippen LogP contribution in [0.2, 0.25) is 0 Å². The molecule has 1 atom stereocenters. The van der Waals surface area contributed by atoms with Gasteiger partial charge in [0, 0.05) is 5.56 Å². The molecule has 4 nitrogen and oxygen atoms in total. The molecule has 110 valence electrons. The van der Waals surface area contributed by atoms with Crippen LogP contribution in [0.5, 0.6) is 11.5 Å². The minimum absolute atomic E-state index is 0.0553. The first-order valence-corrected chi connectivity index (χ1v) is 7.31. The van der Waals surface area contributed by atoms with Gasteiger partial charge in [-0.05, 0) is 44.6 Å². The Hall–Kier alpha value is -1.55. The number of ether oxygens (including phenoxy) is 2. The molecule has 0 bridgehead atoms. The van der Waals surface area contributed by atoms with Crippen LogP contribution in [0.25, 0.3) is 0 Å². The molecule has 1 unspecified atom stereocenters. The van der Waals surface area contributed by atoms with Crippen molar-refractivity contribution in [1.29, 1.82) is 0 Å². The Labute approximate surface area is 120 Å². The van der Waals surface area contributed by atoms with E-state index in [0.717, 1.165) is 31.6 Å². The molecule has 1 aromatic rings. The number of hydrogen-bond donors (Lipinski definition) is 0. The van der Waals surface area contributed by atoms with Gasteiger partial charge >= 0.3 is 0 Å². The van der Waals surface area contributed by atoms with E-state index in [1.807, 2.05) is 19.2 Å². The Balaban J connectivity index is 2.18. The molecule has 0 radical (unpaired) electrons. The fourth-order valence-electron chi connectivity index (χ4n) is 2.58. The Morgan fingerprint density at radius 2 is 2.00 bits per heavy atom. The minimum atomic E-state index is -0.0553. The van der Waals surface area contributed by atoms with Crippen molar-refractivity contribution in [2.24, 2.45) is 0 Å². The second-order valence-electron chi connectivity index (χ2n) is 5.22. The number of carbonyl (C=O) groups excluding carboxylic acids is 1. The Bertz CT molecular complexity index is 473. The number of ketones is 1. The summed E-state index contributed by atoms with van der Waals surface area (Å²) in [6, 6.07) is 5.39. The maximum atomic E-state index is 12.7. The van der Waals surface area contributed by atoms with Gasteiger partial charge in [-0.2, -0.15) is 0 Å². The van der Waals surface area contributed by atoms with Crippen LogP contribution in [0, 0.1) is 0 Å². The zero-order valence-electron chi connectivity index (χ0n) is 12.5. The summed E-state index contributed by atoms with van der Waals surface area (Å²) in [4.78, 5) is 14.9. The monoisotopic (exact) mass is 277 g/mol. The Kier molecular flexibility index (Phi) is 5.01. The molecule has 0 saturated heterocycles. The van der Waals surface area contributed by atoms with Crippen molar-refractivity contribution < 1.29 is 14.3 Å². The van der Waals surface area contributed by atoms with Crippen LogP contribution in [0.4, 0.5) is 0 Å². The first kappa shape index (κ1) is 14.9. The maximum Gasteiger partial charge on any atom is 0.231 e. The normalized spacial score (nSPS) is 14.6. The molecule has 0 aliphatic carbocycles. The number of rotatable bonds is 7. The van der Waals surface area contributed by atoms with Crippen LogP contribution in [0.3, 0.4) is 0 Å². The van der Waals surface area contributed by atoms with Crippen molar-refractivity contribution in [2.45, 2.75) is 39.2 Å². The molecule has 0 spiro atoms. The summed E-state index contributed by atoms with van der Waals surface area (Å²) in [5.74, 6) is 1.56. The highest BCUT2D eigenvalue weighted by Crippen LogP contribution is 2.33. The van der Waals surface area contributed by atoms with Gasteiger partial charge < -0.3 is 9.47 Å². The van der Waals surface area contributed by atoms with E-state index in [1.54, 1.807) is 6.07 Å². The summed E-state index contributed by atoms with van der Waals surface area (Å²) in [6.45, 7) is 5.41. The number of benzene rings is 1. The van der Waals surface area contributed by atoms with Crippen molar-refractivity contribution in [2.75, 3.05) is 20.4 Å². The fraction of sp³-hybridized carbons (Fsp3) is 0.562. The standard InChI is InChI=1S/C16H23NO3/c1-4-6-13(17(3)9-5-2)16(18)12-7-8-14-15(10-12)20-11-19-14/h7-8,10,13H,4-6,9,11H2,1-3H3. The van der Waals surface area contributed by atoms with Crippen LogP contribution in [0.1, 0.15) is 43.5 Å². The summed E-state index contributed by atoms with van der Waals surface area (Å²) in [7, 11) is 2.02. The van der Waals surface area contributed by atoms with Crippen LogP contribution < -0.4 is 9.47 Å². The van der Waals surface area contributed by atoms with Crippen molar-refractivity contribution in [3.8, 4) is 11.5 Å². The maximum absolute atomic E-state index is 12.7. The van der Waals surface area contributed by atoms with Gasteiger partial charge in [0.15, 0.2) is 17.3 Å². The summed E-state index contributed by atoms with van der Waals surface area (Å²) >= 11 is 0. The van der Waals surface area contributed by atoms with Crippen molar-refractivity contribution in [1.82, 2.24) is 4.90 Å². The average Bonchev–Trinajstić information content (AvgIpc) is 2.91. The van der Waals surface area contributed by atoms with Crippen LogP contribution in [0.15, 0.2) is 18.2 Å². The van der Waals surface area contributed by atoms with Crippen LogP contribution in [-0.4, -0.2) is 37.1 Å². The van der Waals surface area contributed by atoms with Crippen molar-refractivity contribution in [3.05, 3.63) is 23.8 Å². The number of nitrogens with zero attached hydrogens (tertiary/aromatic N) is 1. The van der Waals surface area contributed by atoms with E-state index in [1.165, 1.54) is 0 Å². The van der Waals surface area contributed by atoms with Gasteiger partial charge in [0.05, 0.1) is 6.04 Å². The third kappa shape index (κ3) is 3.12. The molecule has 1 aliphatic heterocycles. The number of carbonyl (C=O) groups is 1. The summed E-state index contributed by atoms with van der Waals surface area (Å²) in [5, 5.41) is 0. The first-order valence-electron chi connectivity index (χ1n) is 7.31. The van der Waals surface area contributed by atoms with E-state index in [2.05, 4.69) is 18.7 Å². The lowest BCUT2D eigenvalue weighted by atomic mass is 9.98. The molecule has 0 fully saturated rings. The largest absolute Gasteiger partial charge is 0.454 e. The molecule has 0 amide bonds. The number of likely N-dealkylation sites (N-methyl/N-ethyl adjacent to an activating group) is 1. The second kappa shape index (κ2) is 6.75. The van der Waals surface area contributed by atoms with E-state index in [0.29, 0.717) is 11.3 Å². The molecular formula is C16H23NO3. The zero-order chi connectivity index (χ0) is 14.5. The molecule has 1 heterocycles. The van der Waals surface area contributed by atoms with E-state index in [4.69, 9.17) is 9.47 Å². The van der Waals surface area contributed by atoms with Crippen molar-refractivity contribution in [3.63, 3.8) is 0 Å². The number of hydrogen-bond acceptors (Lipinski definition) is 4. The van der Waals surface area contributed by atoms with E-state index in [-0.39, 0.29) is 18.6 Å². The molecule has 2 rings (SSSR count). The Morgan fingerprint density at radius 1 is 1.25 bits per heavy atom. The third-order valence-electron chi connectivity index (χ3n) is 3.63. The SMILES string of the molecule is CCCC(C(=O)c1ccc2c(c1)OCO2)N(C)CCC. The lowest BCUT2D eigenvalue weighted by molar-refractivity contribution is 0.0839. The molecule has 20 heavy (non-hydrogen) atoms. The molecule has 0 N–H and O–H groups in total. The smallest absolute Gasteiger partial charge is 0.231 e. The molecule has 1 aliphatic rings. The predicted octanol–water partition coefficient (Wildman–Crippen LogP) is 3.11. The van der Waals surface area contributed by atoms with Crippen LogP contribution >= 0.6 is 0 Å². The van der Waals surface area contributed by atoms with E-state index < -0.39 is 0 Å². The minimum Gasteiger partial charge on any atom is -0.454 e. The molecule has 4 heteroatoms. The zero-order valence-corrected chi connectivity index (χ0v) is 12.5. The summed E-state index contributed by atoms with van der Waals surface area (Å²) < 4.78 is 10.6. The summed E-state index contributed by atoms with van der Waals surface area (Å²) in [6.07, 6.45) is 2.92. The van der Waals surface area contributed by atoms with E-state index in [9.17, 15) is 4.79 Å². The summed E-state index contributed by atoms with van der Waals surface area (Å²) in [5.41, 5.74) is 0.704. The molecule has 1 aromatic carbocycles. The highest BCUT2D eigenvalue weighted by Gasteiger charge is 2.25. The van der Waals surface area contributed by atoms with Gasteiger partial charge in [-0.3, -0.25) is 9.69 Å². The lowest BCUT2D eigenvalue weighted by Crippen LogP contribution is -2.39. The Morgan fingerprint density at radius 3 is 2.70 bits per heavy atom. The van der Waals surface area contributed by atoms with Gasteiger partial charge in [-0.25, -0.2) is 0 Å².